The van der Waals surface area contributed by atoms with Gasteiger partial charge >= 0.3 is 5.97 Å². The van der Waals surface area contributed by atoms with Gasteiger partial charge in [0, 0.05) is 16.7 Å². The Hall–Kier alpha value is -1.89. The number of aromatic nitrogens is 2. The summed E-state index contributed by atoms with van der Waals surface area (Å²) in [6.45, 7) is 2.14. The highest BCUT2D eigenvalue weighted by Gasteiger charge is 2.12. The smallest absolute Gasteiger partial charge is 0.339 e. The molecule has 0 atom stereocenters. The van der Waals surface area contributed by atoms with E-state index in [9.17, 15) is 4.79 Å². The van der Waals surface area contributed by atoms with E-state index in [1.165, 1.54) is 12.3 Å². The zero-order valence-corrected chi connectivity index (χ0v) is 11.1. The maximum absolute atomic E-state index is 11.1. The molecule has 0 aromatic carbocycles. The highest BCUT2D eigenvalue weighted by Crippen LogP contribution is 2.18. The summed E-state index contributed by atoms with van der Waals surface area (Å²) in [5.74, 6) is -0.131. The fraction of sp³-hybridized carbons (Fsp3) is 0.182. The normalized spacial score (nSPS) is 10.3. The molecule has 6 nitrogen and oxygen atoms in total. The zero-order valence-electron chi connectivity index (χ0n) is 9.48. The van der Waals surface area contributed by atoms with Gasteiger partial charge in [-0.1, -0.05) is 5.16 Å². The number of rotatable bonds is 4. The molecule has 0 amide bonds. The molecule has 18 heavy (non-hydrogen) atoms. The number of hydrogen-bond donors (Lipinski definition) is 2. The van der Waals surface area contributed by atoms with E-state index >= 15 is 0 Å². The first-order chi connectivity index (χ1) is 8.56. The molecule has 0 aliphatic rings. The molecule has 0 saturated carbocycles. The maximum atomic E-state index is 11.1. The molecule has 0 unspecified atom stereocenters. The maximum Gasteiger partial charge on any atom is 0.339 e. The van der Waals surface area contributed by atoms with Gasteiger partial charge in [0.25, 0.3) is 0 Å². The Bertz CT molecular complexity index is 583. The number of carboxylic acid groups (broad SMARTS) is 1. The van der Waals surface area contributed by atoms with Crippen molar-refractivity contribution >= 4 is 27.7 Å². The molecule has 2 heterocycles. The lowest BCUT2D eigenvalue weighted by atomic mass is 10.2. The summed E-state index contributed by atoms with van der Waals surface area (Å²) in [4.78, 5) is 15.1. The van der Waals surface area contributed by atoms with Crippen molar-refractivity contribution in [2.75, 3.05) is 5.32 Å². The number of carboxylic acids is 1. The summed E-state index contributed by atoms with van der Waals surface area (Å²) in [5.41, 5.74) is 0.870. The van der Waals surface area contributed by atoms with Gasteiger partial charge in [0.15, 0.2) is 5.76 Å². The Morgan fingerprint density at radius 2 is 2.33 bits per heavy atom. The van der Waals surface area contributed by atoms with Gasteiger partial charge in [-0.3, -0.25) is 0 Å². The van der Waals surface area contributed by atoms with Crippen LogP contribution in [0.25, 0.3) is 0 Å². The summed E-state index contributed by atoms with van der Waals surface area (Å²) in [6.07, 6.45) is 1.53. The number of aromatic carboxylic acids is 1. The monoisotopic (exact) mass is 311 g/mol. The number of anilines is 1. The molecule has 7 heteroatoms. The van der Waals surface area contributed by atoms with Crippen LogP contribution in [0.15, 0.2) is 27.3 Å². The van der Waals surface area contributed by atoms with Crippen LogP contribution < -0.4 is 5.32 Å². The Balaban J connectivity index is 2.16. The predicted molar refractivity (Wildman–Crippen MR) is 67.5 cm³/mol. The van der Waals surface area contributed by atoms with E-state index in [0.29, 0.717) is 22.6 Å². The first-order valence-corrected chi connectivity index (χ1v) is 5.90. The van der Waals surface area contributed by atoms with Gasteiger partial charge in [-0.2, -0.15) is 0 Å². The molecule has 0 spiro atoms. The van der Waals surface area contributed by atoms with Crippen LogP contribution >= 0.6 is 15.9 Å². The number of pyridine rings is 1. The molecular formula is C11H10BrN3O3. The quantitative estimate of drug-likeness (QED) is 0.901. The van der Waals surface area contributed by atoms with Crippen molar-refractivity contribution in [1.82, 2.24) is 10.1 Å². The highest BCUT2D eigenvalue weighted by atomic mass is 79.9. The third-order valence-corrected chi connectivity index (χ3v) is 2.63. The summed E-state index contributed by atoms with van der Waals surface area (Å²) in [6, 6.07) is 3.26. The predicted octanol–water partition coefficient (Wildman–Crippen LogP) is 2.45. The van der Waals surface area contributed by atoms with Crippen molar-refractivity contribution in [3.05, 3.63) is 39.8 Å². The average molecular weight is 312 g/mol. The number of nitrogens with zero attached hydrogens (tertiary/aromatic N) is 2. The second-order valence-electron chi connectivity index (χ2n) is 3.64. The van der Waals surface area contributed by atoms with Crippen LogP contribution in [0, 0.1) is 6.92 Å². The second kappa shape index (κ2) is 5.18. The summed E-state index contributed by atoms with van der Waals surface area (Å²) in [5, 5.41) is 15.7. The van der Waals surface area contributed by atoms with Crippen LogP contribution in [-0.4, -0.2) is 21.2 Å². The molecule has 94 valence electrons. The van der Waals surface area contributed by atoms with Crippen LogP contribution in [0.1, 0.15) is 21.8 Å². The minimum Gasteiger partial charge on any atom is -0.478 e. The Labute approximate surface area is 111 Å². The minimum atomic E-state index is -1.04. The molecule has 0 aliphatic heterocycles. The molecule has 2 aromatic heterocycles. The highest BCUT2D eigenvalue weighted by molar-refractivity contribution is 9.10. The lowest BCUT2D eigenvalue weighted by Gasteiger charge is -2.06. The standard InChI is InChI=1S/C11H10BrN3O3/c1-6-2-8(18-15-6)5-14-10-9(11(16)17)3-7(12)4-13-10/h2-4H,5H2,1H3,(H,13,14)(H,16,17). The average Bonchev–Trinajstić information content (AvgIpc) is 2.73. The second-order valence-corrected chi connectivity index (χ2v) is 4.56. The topological polar surface area (TPSA) is 88.2 Å². The van der Waals surface area contributed by atoms with E-state index in [0.717, 1.165) is 5.69 Å². The molecule has 0 fully saturated rings. The van der Waals surface area contributed by atoms with Crippen molar-refractivity contribution < 1.29 is 14.4 Å². The van der Waals surface area contributed by atoms with Crippen molar-refractivity contribution in [3.63, 3.8) is 0 Å². The molecule has 0 saturated heterocycles. The van der Waals surface area contributed by atoms with Gasteiger partial charge in [-0.05, 0) is 28.9 Å². The van der Waals surface area contributed by atoms with Gasteiger partial charge in [0.2, 0.25) is 0 Å². The number of aryl methyl sites for hydroxylation is 1. The first-order valence-electron chi connectivity index (χ1n) is 5.11. The van der Waals surface area contributed by atoms with Crippen LogP contribution in [-0.2, 0) is 6.54 Å². The molecule has 2 N–H and O–H groups in total. The van der Waals surface area contributed by atoms with E-state index in [-0.39, 0.29) is 5.56 Å². The van der Waals surface area contributed by atoms with Gasteiger partial charge < -0.3 is 14.9 Å². The van der Waals surface area contributed by atoms with Gasteiger partial charge in [0.1, 0.15) is 11.4 Å². The minimum absolute atomic E-state index is 0.0978. The molecule has 2 aromatic rings. The Kier molecular flexibility index (Phi) is 3.61. The summed E-state index contributed by atoms with van der Waals surface area (Å²) in [7, 11) is 0. The van der Waals surface area contributed by atoms with Crippen LogP contribution in [0.2, 0.25) is 0 Å². The van der Waals surface area contributed by atoms with E-state index in [1.807, 2.05) is 6.92 Å². The van der Waals surface area contributed by atoms with Gasteiger partial charge in [-0.25, -0.2) is 9.78 Å². The molecule has 0 aliphatic carbocycles. The third kappa shape index (κ3) is 2.86. The fourth-order valence-electron chi connectivity index (χ4n) is 1.41. The van der Waals surface area contributed by atoms with Crippen LogP contribution in [0.3, 0.4) is 0 Å². The molecular weight excluding hydrogens is 302 g/mol. The summed E-state index contributed by atoms with van der Waals surface area (Å²) < 4.78 is 5.63. The number of carbonyl (C=O) groups is 1. The number of halogens is 1. The third-order valence-electron chi connectivity index (χ3n) is 2.19. The van der Waals surface area contributed by atoms with Crippen molar-refractivity contribution in [2.24, 2.45) is 0 Å². The lowest BCUT2D eigenvalue weighted by Crippen LogP contribution is -2.08. The largest absolute Gasteiger partial charge is 0.478 e. The first kappa shape index (κ1) is 12.6. The SMILES string of the molecule is Cc1cc(CNc2ncc(Br)cc2C(=O)O)on1. The molecule has 0 radical (unpaired) electrons. The van der Waals surface area contributed by atoms with Crippen LogP contribution in [0.5, 0.6) is 0 Å². The fourth-order valence-corrected chi connectivity index (χ4v) is 1.74. The van der Waals surface area contributed by atoms with Crippen molar-refractivity contribution in [3.8, 4) is 0 Å². The molecule has 2 rings (SSSR count). The lowest BCUT2D eigenvalue weighted by molar-refractivity contribution is 0.0697. The van der Waals surface area contributed by atoms with E-state index in [2.05, 4.69) is 31.4 Å². The van der Waals surface area contributed by atoms with Gasteiger partial charge in [-0.15, -0.1) is 0 Å². The summed E-state index contributed by atoms with van der Waals surface area (Å²) >= 11 is 3.18. The van der Waals surface area contributed by atoms with E-state index < -0.39 is 5.97 Å². The number of hydrogen-bond acceptors (Lipinski definition) is 5. The zero-order chi connectivity index (χ0) is 13.1. The van der Waals surface area contributed by atoms with Gasteiger partial charge in [0.05, 0.1) is 12.2 Å². The van der Waals surface area contributed by atoms with Crippen LogP contribution in [0.4, 0.5) is 5.82 Å². The van der Waals surface area contributed by atoms with E-state index in [4.69, 9.17) is 9.63 Å². The van der Waals surface area contributed by atoms with E-state index in [1.54, 1.807) is 6.07 Å². The Morgan fingerprint density at radius 3 is 2.94 bits per heavy atom. The number of nitrogens with one attached hydrogen (secondary N) is 1. The van der Waals surface area contributed by atoms with Crippen molar-refractivity contribution in [1.29, 1.82) is 0 Å². The molecule has 0 bridgehead atoms. The Morgan fingerprint density at radius 1 is 1.56 bits per heavy atom. The van der Waals surface area contributed by atoms with Crippen molar-refractivity contribution in [2.45, 2.75) is 13.5 Å².